The first kappa shape index (κ1) is 19.8. The molecule has 0 aliphatic heterocycles. The second-order valence-corrected chi connectivity index (χ2v) is 6.18. The van der Waals surface area contributed by atoms with Gasteiger partial charge >= 0.3 is 5.97 Å². The first-order valence-electron chi connectivity index (χ1n) is 8.42. The van der Waals surface area contributed by atoms with Crippen LogP contribution < -0.4 is 9.64 Å². The molecule has 26 heavy (non-hydrogen) atoms. The SMILES string of the molecule is CCCN(CC)c1cc(C)nc(Oc2ccc(Cl)cc2O)c1C(=O)OC. The van der Waals surface area contributed by atoms with Gasteiger partial charge in [-0.3, -0.25) is 0 Å². The Labute approximate surface area is 158 Å². The number of aromatic hydroxyl groups is 1. The number of aromatic nitrogens is 1. The normalized spacial score (nSPS) is 10.5. The molecule has 0 bridgehead atoms. The Morgan fingerprint density at radius 3 is 2.62 bits per heavy atom. The maximum atomic E-state index is 12.5. The third-order valence-electron chi connectivity index (χ3n) is 3.83. The van der Waals surface area contributed by atoms with Gasteiger partial charge in [-0.25, -0.2) is 9.78 Å². The van der Waals surface area contributed by atoms with Crippen molar-refractivity contribution in [3.05, 3.63) is 40.5 Å². The van der Waals surface area contributed by atoms with Gasteiger partial charge in [0.1, 0.15) is 5.56 Å². The summed E-state index contributed by atoms with van der Waals surface area (Å²) in [6.45, 7) is 7.39. The molecule has 0 radical (unpaired) electrons. The molecule has 0 saturated carbocycles. The van der Waals surface area contributed by atoms with E-state index in [2.05, 4.69) is 16.8 Å². The molecule has 1 heterocycles. The standard InChI is InChI=1S/C19H23ClN2O4/c1-5-9-22(6-2)14-10-12(3)21-18(17(14)19(24)25-4)26-16-8-7-13(20)11-15(16)23/h7-8,10-11,23H,5-6,9H2,1-4H3. The van der Waals surface area contributed by atoms with Crippen molar-refractivity contribution in [1.82, 2.24) is 4.98 Å². The van der Waals surface area contributed by atoms with E-state index in [9.17, 15) is 9.90 Å². The number of hydrogen-bond donors (Lipinski definition) is 1. The predicted molar refractivity (Wildman–Crippen MR) is 102 cm³/mol. The Kier molecular flexibility index (Phi) is 6.69. The van der Waals surface area contributed by atoms with Crippen LogP contribution in [0.2, 0.25) is 5.02 Å². The van der Waals surface area contributed by atoms with Crippen molar-refractivity contribution in [2.75, 3.05) is 25.1 Å². The largest absolute Gasteiger partial charge is 0.504 e. The lowest BCUT2D eigenvalue weighted by Crippen LogP contribution is -2.26. The summed E-state index contributed by atoms with van der Waals surface area (Å²) in [5.41, 5.74) is 1.60. The number of nitrogens with zero attached hydrogens (tertiary/aromatic N) is 2. The molecular weight excluding hydrogens is 356 g/mol. The average Bonchev–Trinajstić information content (AvgIpc) is 2.61. The van der Waals surface area contributed by atoms with E-state index in [1.807, 2.05) is 19.9 Å². The zero-order valence-electron chi connectivity index (χ0n) is 15.4. The van der Waals surface area contributed by atoms with Gasteiger partial charge in [0.2, 0.25) is 5.88 Å². The maximum absolute atomic E-state index is 12.5. The van der Waals surface area contributed by atoms with Crippen molar-refractivity contribution in [1.29, 1.82) is 0 Å². The van der Waals surface area contributed by atoms with Gasteiger partial charge in [-0.05, 0) is 38.5 Å². The van der Waals surface area contributed by atoms with Gasteiger partial charge in [0.25, 0.3) is 0 Å². The molecule has 1 aromatic heterocycles. The van der Waals surface area contributed by atoms with E-state index in [4.69, 9.17) is 21.1 Å². The average molecular weight is 379 g/mol. The van der Waals surface area contributed by atoms with Crippen molar-refractivity contribution in [2.24, 2.45) is 0 Å². The molecular formula is C19H23ClN2O4. The number of phenols is 1. The quantitative estimate of drug-likeness (QED) is 0.712. The summed E-state index contributed by atoms with van der Waals surface area (Å²) in [6.07, 6.45) is 0.921. The third kappa shape index (κ3) is 4.38. The number of esters is 1. The number of rotatable bonds is 7. The fourth-order valence-electron chi connectivity index (χ4n) is 2.64. The highest BCUT2D eigenvalue weighted by atomic mass is 35.5. The molecule has 1 N–H and O–H groups in total. The van der Waals surface area contributed by atoms with Crippen LogP contribution in [0.25, 0.3) is 0 Å². The zero-order valence-corrected chi connectivity index (χ0v) is 16.1. The number of methoxy groups -OCH3 is 1. The van der Waals surface area contributed by atoms with Crippen molar-refractivity contribution >= 4 is 23.3 Å². The van der Waals surface area contributed by atoms with Crippen LogP contribution in [0.1, 0.15) is 36.3 Å². The van der Waals surface area contributed by atoms with E-state index >= 15 is 0 Å². The minimum absolute atomic E-state index is 0.0824. The van der Waals surface area contributed by atoms with Crippen LogP contribution in [0.5, 0.6) is 17.4 Å². The van der Waals surface area contributed by atoms with Gasteiger partial charge in [0, 0.05) is 29.9 Å². The fourth-order valence-corrected chi connectivity index (χ4v) is 2.81. The number of halogens is 1. The monoisotopic (exact) mass is 378 g/mol. The lowest BCUT2D eigenvalue weighted by Gasteiger charge is -2.25. The topological polar surface area (TPSA) is 71.9 Å². The van der Waals surface area contributed by atoms with Crippen LogP contribution in [0.15, 0.2) is 24.3 Å². The van der Waals surface area contributed by atoms with Crippen LogP contribution in [-0.2, 0) is 4.74 Å². The molecule has 0 saturated heterocycles. The summed E-state index contributed by atoms with van der Waals surface area (Å²) in [5, 5.41) is 10.4. The smallest absolute Gasteiger partial charge is 0.345 e. The van der Waals surface area contributed by atoms with E-state index < -0.39 is 5.97 Å². The number of anilines is 1. The summed E-state index contributed by atoms with van der Waals surface area (Å²) >= 11 is 5.86. The molecule has 0 unspecified atom stereocenters. The minimum atomic E-state index is -0.550. The third-order valence-corrected chi connectivity index (χ3v) is 4.06. The number of ether oxygens (including phenoxy) is 2. The van der Waals surface area contributed by atoms with Crippen LogP contribution >= 0.6 is 11.6 Å². The molecule has 7 heteroatoms. The number of aryl methyl sites for hydroxylation is 1. The Morgan fingerprint density at radius 1 is 1.31 bits per heavy atom. The first-order chi connectivity index (χ1) is 12.4. The molecule has 1 aromatic carbocycles. The molecule has 0 aliphatic rings. The summed E-state index contributed by atoms with van der Waals surface area (Å²) in [4.78, 5) is 18.9. The van der Waals surface area contributed by atoms with E-state index in [-0.39, 0.29) is 22.9 Å². The van der Waals surface area contributed by atoms with Gasteiger partial charge in [0.15, 0.2) is 11.5 Å². The summed E-state index contributed by atoms with van der Waals surface area (Å²) < 4.78 is 10.7. The Balaban J connectivity index is 2.60. The van der Waals surface area contributed by atoms with E-state index in [1.54, 1.807) is 6.07 Å². The minimum Gasteiger partial charge on any atom is -0.504 e. The Hall–Kier alpha value is -2.47. The van der Waals surface area contributed by atoms with Gasteiger partial charge in [0.05, 0.1) is 12.8 Å². The second-order valence-electron chi connectivity index (χ2n) is 5.75. The van der Waals surface area contributed by atoms with Crippen LogP contribution in [0.4, 0.5) is 5.69 Å². The van der Waals surface area contributed by atoms with E-state index in [0.29, 0.717) is 22.9 Å². The predicted octanol–water partition coefficient (Wildman–Crippen LogP) is 4.56. The molecule has 0 aliphatic carbocycles. The van der Waals surface area contributed by atoms with Crippen molar-refractivity contribution in [3.8, 4) is 17.4 Å². The van der Waals surface area contributed by atoms with Crippen LogP contribution in [0, 0.1) is 6.92 Å². The molecule has 0 fully saturated rings. The Morgan fingerprint density at radius 2 is 2.04 bits per heavy atom. The van der Waals surface area contributed by atoms with E-state index in [0.717, 1.165) is 13.0 Å². The number of phenolic OH excluding ortho intramolecular Hbond substituents is 1. The Bertz CT molecular complexity index is 795. The molecule has 2 aromatic rings. The van der Waals surface area contributed by atoms with Crippen LogP contribution in [-0.4, -0.2) is 36.3 Å². The lowest BCUT2D eigenvalue weighted by molar-refractivity contribution is 0.0597. The van der Waals surface area contributed by atoms with Crippen molar-refractivity contribution in [3.63, 3.8) is 0 Å². The molecule has 6 nitrogen and oxygen atoms in total. The lowest BCUT2D eigenvalue weighted by atomic mass is 10.1. The highest BCUT2D eigenvalue weighted by Gasteiger charge is 2.25. The van der Waals surface area contributed by atoms with Crippen molar-refractivity contribution in [2.45, 2.75) is 27.2 Å². The van der Waals surface area contributed by atoms with Gasteiger partial charge in [-0.15, -0.1) is 0 Å². The van der Waals surface area contributed by atoms with Gasteiger partial charge in [-0.1, -0.05) is 18.5 Å². The van der Waals surface area contributed by atoms with Gasteiger partial charge in [-0.2, -0.15) is 0 Å². The maximum Gasteiger partial charge on any atom is 0.345 e. The van der Waals surface area contributed by atoms with Crippen LogP contribution in [0.3, 0.4) is 0 Å². The summed E-state index contributed by atoms with van der Waals surface area (Å²) in [5.74, 6) is -0.453. The molecule has 0 spiro atoms. The zero-order chi connectivity index (χ0) is 19.3. The van der Waals surface area contributed by atoms with E-state index in [1.165, 1.54) is 19.2 Å². The fraction of sp³-hybridized carbons (Fsp3) is 0.368. The molecule has 0 atom stereocenters. The number of pyridine rings is 1. The summed E-state index contributed by atoms with van der Waals surface area (Å²) in [6, 6.07) is 6.30. The highest BCUT2D eigenvalue weighted by molar-refractivity contribution is 6.30. The molecule has 2 rings (SSSR count). The number of hydrogen-bond acceptors (Lipinski definition) is 6. The second kappa shape index (κ2) is 8.76. The number of benzene rings is 1. The number of carbonyl (C=O) groups excluding carboxylic acids is 1. The number of carbonyl (C=O) groups is 1. The first-order valence-corrected chi connectivity index (χ1v) is 8.80. The molecule has 0 amide bonds. The van der Waals surface area contributed by atoms with Crippen molar-refractivity contribution < 1.29 is 19.4 Å². The summed E-state index contributed by atoms with van der Waals surface area (Å²) in [7, 11) is 1.31. The molecule has 140 valence electrons. The highest BCUT2D eigenvalue weighted by Crippen LogP contribution is 2.37. The van der Waals surface area contributed by atoms with Gasteiger partial charge < -0.3 is 19.5 Å².